The van der Waals surface area contributed by atoms with Crippen LogP contribution in [-0.2, 0) is 21.2 Å². The van der Waals surface area contributed by atoms with Crippen molar-refractivity contribution in [3.05, 3.63) is 90.0 Å². The third kappa shape index (κ3) is 5.29. The van der Waals surface area contributed by atoms with Crippen LogP contribution in [0.2, 0.25) is 0 Å². The fraction of sp³-hybridized carbons (Fsp3) is 0.240. The van der Waals surface area contributed by atoms with Crippen molar-refractivity contribution in [3.63, 3.8) is 0 Å². The van der Waals surface area contributed by atoms with Crippen molar-refractivity contribution < 1.29 is 17.9 Å². The first kappa shape index (κ1) is 23.3. The molecular weight excluding hydrogens is 424 g/mol. The maximum Gasteiger partial charge on any atom is 0.264 e. The monoisotopic (exact) mass is 452 g/mol. The molecule has 0 aliphatic rings. The van der Waals surface area contributed by atoms with E-state index in [0.717, 1.165) is 16.3 Å². The minimum absolute atomic E-state index is 0.0990. The van der Waals surface area contributed by atoms with E-state index in [1.807, 2.05) is 31.2 Å². The lowest BCUT2D eigenvalue weighted by Gasteiger charge is -2.26. The van der Waals surface area contributed by atoms with Gasteiger partial charge in [-0.25, -0.2) is 8.42 Å². The summed E-state index contributed by atoms with van der Waals surface area (Å²) in [6, 6.07) is 22.5. The number of ether oxygens (including phenoxy) is 1. The summed E-state index contributed by atoms with van der Waals surface area (Å²) in [6.07, 6.45) is 0.937. The molecule has 0 saturated carbocycles. The van der Waals surface area contributed by atoms with Crippen LogP contribution in [0.25, 0.3) is 0 Å². The SMILES string of the molecule is CCc1ccc([C@@H](C)NC(=O)CN(c2ccccc2OC)S(=O)(=O)c2ccccc2)cc1. The van der Waals surface area contributed by atoms with E-state index in [1.165, 1.54) is 24.8 Å². The third-order valence-corrected chi connectivity index (χ3v) is 7.01. The van der Waals surface area contributed by atoms with E-state index in [2.05, 4.69) is 12.2 Å². The zero-order valence-electron chi connectivity index (χ0n) is 18.5. The summed E-state index contributed by atoms with van der Waals surface area (Å²) < 4.78 is 33.4. The van der Waals surface area contributed by atoms with Gasteiger partial charge in [-0.3, -0.25) is 9.10 Å². The predicted octanol–water partition coefficient (Wildman–Crippen LogP) is 4.33. The number of carbonyl (C=O) groups excluding carboxylic acids is 1. The molecule has 3 aromatic rings. The first-order valence-electron chi connectivity index (χ1n) is 10.5. The van der Waals surface area contributed by atoms with Crippen molar-refractivity contribution in [1.82, 2.24) is 5.32 Å². The molecule has 0 bridgehead atoms. The van der Waals surface area contributed by atoms with Crippen LogP contribution in [0.5, 0.6) is 5.75 Å². The molecule has 0 fully saturated rings. The van der Waals surface area contributed by atoms with E-state index >= 15 is 0 Å². The maximum atomic E-state index is 13.5. The highest BCUT2D eigenvalue weighted by atomic mass is 32.2. The Hall–Kier alpha value is -3.32. The Morgan fingerprint density at radius 2 is 1.59 bits per heavy atom. The fourth-order valence-electron chi connectivity index (χ4n) is 3.40. The number of aryl methyl sites for hydroxylation is 1. The Balaban J connectivity index is 1.89. The average Bonchev–Trinajstić information content (AvgIpc) is 2.83. The summed E-state index contributed by atoms with van der Waals surface area (Å²) in [5.74, 6) is -0.0505. The van der Waals surface area contributed by atoms with Crippen LogP contribution in [0, 0.1) is 0 Å². The third-order valence-electron chi connectivity index (χ3n) is 5.24. The molecule has 3 aromatic carbocycles. The molecule has 0 aliphatic carbocycles. The van der Waals surface area contributed by atoms with Crippen molar-refractivity contribution in [2.45, 2.75) is 31.2 Å². The molecule has 1 atom stereocenters. The number of para-hydroxylation sites is 2. The number of anilines is 1. The number of nitrogens with zero attached hydrogens (tertiary/aromatic N) is 1. The molecule has 0 saturated heterocycles. The molecule has 168 valence electrons. The van der Waals surface area contributed by atoms with E-state index in [9.17, 15) is 13.2 Å². The molecule has 6 nitrogen and oxygen atoms in total. The van der Waals surface area contributed by atoms with Crippen LogP contribution in [-0.4, -0.2) is 28.0 Å². The molecule has 0 spiro atoms. The van der Waals surface area contributed by atoms with Crippen molar-refractivity contribution in [3.8, 4) is 5.75 Å². The van der Waals surface area contributed by atoms with Gasteiger partial charge < -0.3 is 10.1 Å². The number of hydrogen-bond donors (Lipinski definition) is 1. The zero-order valence-corrected chi connectivity index (χ0v) is 19.3. The molecule has 0 radical (unpaired) electrons. The van der Waals surface area contributed by atoms with Gasteiger partial charge in [-0.2, -0.15) is 0 Å². The van der Waals surface area contributed by atoms with E-state index in [0.29, 0.717) is 11.4 Å². The second kappa shape index (κ2) is 10.3. The Kier molecular flexibility index (Phi) is 7.53. The number of methoxy groups -OCH3 is 1. The van der Waals surface area contributed by atoms with Crippen molar-refractivity contribution in [2.24, 2.45) is 0 Å². The van der Waals surface area contributed by atoms with E-state index in [-0.39, 0.29) is 17.5 Å². The predicted molar refractivity (Wildman–Crippen MR) is 126 cm³/mol. The second-order valence-electron chi connectivity index (χ2n) is 7.38. The van der Waals surface area contributed by atoms with Gasteiger partial charge >= 0.3 is 0 Å². The standard InChI is InChI=1S/C25H28N2O4S/c1-4-20-14-16-21(17-15-20)19(2)26-25(28)18-27(23-12-8-9-13-24(23)31-3)32(29,30)22-10-6-5-7-11-22/h5-17,19H,4,18H2,1-3H3,(H,26,28)/t19-/m1/s1. The largest absolute Gasteiger partial charge is 0.495 e. The number of sulfonamides is 1. The van der Waals surface area contributed by atoms with Gasteiger partial charge in [0.05, 0.1) is 23.7 Å². The minimum atomic E-state index is -4.00. The summed E-state index contributed by atoms with van der Waals surface area (Å²) in [6.45, 7) is 3.58. The number of nitrogens with one attached hydrogen (secondary N) is 1. The fourth-order valence-corrected chi connectivity index (χ4v) is 4.85. The quantitative estimate of drug-likeness (QED) is 0.524. The Morgan fingerprint density at radius 1 is 0.969 bits per heavy atom. The molecule has 3 rings (SSSR count). The molecule has 0 aromatic heterocycles. The van der Waals surface area contributed by atoms with E-state index in [1.54, 1.807) is 42.5 Å². The van der Waals surface area contributed by atoms with Crippen molar-refractivity contribution in [2.75, 3.05) is 18.0 Å². The molecule has 0 aliphatic heterocycles. The van der Waals surface area contributed by atoms with Crippen molar-refractivity contribution >= 4 is 21.6 Å². The topological polar surface area (TPSA) is 75.7 Å². The highest BCUT2D eigenvalue weighted by Crippen LogP contribution is 2.32. The molecule has 0 heterocycles. The number of amides is 1. The van der Waals surface area contributed by atoms with Crippen LogP contribution in [0.4, 0.5) is 5.69 Å². The molecule has 1 N–H and O–H groups in total. The Labute approximate surface area is 189 Å². The van der Waals surface area contributed by atoms with Gasteiger partial charge in [0.1, 0.15) is 12.3 Å². The van der Waals surface area contributed by atoms with Gasteiger partial charge in [0.15, 0.2) is 0 Å². The summed E-state index contributed by atoms with van der Waals surface area (Å²) in [4.78, 5) is 13.1. The Morgan fingerprint density at radius 3 is 2.22 bits per heavy atom. The normalized spacial score (nSPS) is 12.1. The van der Waals surface area contributed by atoms with Gasteiger partial charge in [0.2, 0.25) is 5.91 Å². The molecule has 1 amide bonds. The molecule has 32 heavy (non-hydrogen) atoms. The zero-order chi connectivity index (χ0) is 23.1. The number of benzene rings is 3. The smallest absolute Gasteiger partial charge is 0.264 e. The first-order valence-corrected chi connectivity index (χ1v) is 11.9. The van der Waals surface area contributed by atoms with Crippen molar-refractivity contribution in [1.29, 1.82) is 0 Å². The van der Waals surface area contributed by atoms with E-state index < -0.39 is 15.9 Å². The maximum absolute atomic E-state index is 13.5. The summed E-state index contributed by atoms with van der Waals surface area (Å²) in [5.41, 5.74) is 2.46. The van der Waals surface area contributed by atoms with Gasteiger partial charge in [-0.1, -0.05) is 61.5 Å². The lowest BCUT2D eigenvalue weighted by Crippen LogP contribution is -2.41. The highest BCUT2D eigenvalue weighted by Gasteiger charge is 2.29. The number of carbonyl (C=O) groups is 1. The molecule has 7 heteroatoms. The second-order valence-corrected chi connectivity index (χ2v) is 9.24. The van der Waals surface area contributed by atoms with Crippen LogP contribution in [0.15, 0.2) is 83.8 Å². The van der Waals surface area contributed by atoms with Crippen LogP contribution in [0.3, 0.4) is 0 Å². The number of rotatable bonds is 9. The van der Waals surface area contributed by atoms with Crippen LogP contribution < -0.4 is 14.4 Å². The lowest BCUT2D eigenvalue weighted by molar-refractivity contribution is -0.120. The van der Waals surface area contributed by atoms with Crippen LogP contribution in [0.1, 0.15) is 31.0 Å². The minimum Gasteiger partial charge on any atom is -0.495 e. The van der Waals surface area contributed by atoms with E-state index in [4.69, 9.17) is 4.74 Å². The van der Waals surface area contributed by atoms with Gasteiger partial charge in [0.25, 0.3) is 10.0 Å². The average molecular weight is 453 g/mol. The summed E-state index contributed by atoms with van der Waals surface area (Å²) in [5, 5.41) is 2.91. The summed E-state index contributed by atoms with van der Waals surface area (Å²) >= 11 is 0. The van der Waals surface area contributed by atoms with Gasteiger partial charge in [0, 0.05) is 0 Å². The van der Waals surface area contributed by atoms with Crippen LogP contribution >= 0.6 is 0 Å². The number of hydrogen-bond acceptors (Lipinski definition) is 4. The van der Waals surface area contributed by atoms with Gasteiger partial charge in [-0.05, 0) is 48.7 Å². The lowest BCUT2D eigenvalue weighted by atomic mass is 10.1. The molecular formula is C25H28N2O4S. The summed E-state index contributed by atoms with van der Waals surface area (Å²) in [7, 11) is -2.53. The molecule has 0 unspecified atom stereocenters. The Bertz CT molecular complexity index is 1150. The van der Waals surface area contributed by atoms with Gasteiger partial charge in [-0.15, -0.1) is 0 Å². The highest BCUT2D eigenvalue weighted by molar-refractivity contribution is 7.92. The first-order chi connectivity index (χ1) is 15.4.